The van der Waals surface area contributed by atoms with Crippen molar-refractivity contribution < 1.29 is 17.9 Å². The molecule has 0 radical (unpaired) electrons. The number of benzene rings is 1. The number of rotatable bonds is 5. The fourth-order valence-electron chi connectivity index (χ4n) is 2.49. The third-order valence-electron chi connectivity index (χ3n) is 3.58. The Bertz CT molecular complexity index is 479. The van der Waals surface area contributed by atoms with Crippen molar-refractivity contribution in [3.63, 3.8) is 0 Å². The molecule has 1 aromatic rings. The van der Waals surface area contributed by atoms with Crippen molar-refractivity contribution in [2.45, 2.75) is 38.4 Å². The summed E-state index contributed by atoms with van der Waals surface area (Å²) in [5, 5.41) is 3.38. The summed E-state index contributed by atoms with van der Waals surface area (Å²) in [4.78, 5) is 0. The highest BCUT2D eigenvalue weighted by molar-refractivity contribution is 5.27. The third-order valence-corrected chi connectivity index (χ3v) is 3.58. The average Bonchev–Trinajstić information content (AvgIpc) is 2.47. The van der Waals surface area contributed by atoms with E-state index in [9.17, 15) is 13.2 Å². The van der Waals surface area contributed by atoms with E-state index in [0.717, 1.165) is 43.7 Å². The first-order valence-corrected chi connectivity index (χ1v) is 7.20. The highest BCUT2D eigenvalue weighted by Gasteiger charge is 2.30. The highest BCUT2D eigenvalue weighted by atomic mass is 19.4. The first-order valence-electron chi connectivity index (χ1n) is 7.20. The lowest BCUT2D eigenvalue weighted by Crippen LogP contribution is -2.34. The third kappa shape index (κ3) is 4.49. The van der Waals surface area contributed by atoms with Crippen molar-refractivity contribution in [3.05, 3.63) is 47.2 Å². The largest absolute Gasteiger partial charge is 0.501 e. The summed E-state index contributed by atoms with van der Waals surface area (Å²) in [7, 11) is 0. The van der Waals surface area contributed by atoms with Crippen LogP contribution in [0.3, 0.4) is 0 Å². The van der Waals surface area contributed by atoms with Crippen LogP contribution in [-0.2, 0) is 17.3 Å². The van der Waals surface area contributed by atoms with E-state index in [2.05, 4.69) is 5.32 Å². The predicted molar refractivity (Wildman–Crippen MR) is 75.9 cm³/mol. The van der Waals surface area contributed by atoms with E-state index in [4.69, 9.17) is 4.74 Å². The number of likely N-dealkylation sites (N-methyl/N-ethyl adjacent to an activating group) is 1. The molecule has 1 heterocycles. The standard InChI is InChI=1S/C16H20F3NO/c1-2-20-15(13-4-3-9-21-11-13)10-12-5-7-14(8-6-12)16(17,18)19/h5-8,11,15,20H,2-4,9-10H2,1H3. The maximum atomic E-state index is 12.6. The second-order valence-corrected chi connectivity index (χ2v) is 5.18. The molecule has 0 saturated heterocycles. The molecule has 1 aliphatic heterocycles. The SMILES string of the molecule is CCNC(Cc1ccc(C(F)(F)F)cc1)C1=COCCC1. The lowest BCUT2D eigenvalue weighted by atomic mass is 9.95. The van der Waals surface area contributed by atoms with Gasteiger partial charge in [-0.05, 0) is 49.1 Å². The van der Waals surface area contributed by atoms with Crippen molar-refractivity contribution in [3.8, 4) is 0 Å². The smallest absolute Gasteiger partial charge is 0.416 e. The second-order valence-electron chi connectivity index (χ2n) is 5.18. The van der Waals surface area contributed by atoms with E-state index in [1.54, 1.807) is 18.4 Å². The molecule has 1 aromatic carbocycles. The molecule has 1 aliphatic rings. The van der Waals surface area contributed by atoms with Gasteiger partial charge in [0.05, 0.1) is 18.4 Å². The molecule has 1 N–H and O–H groups in total. The summed E-state index contributed by atoms with van der Waals surface area (Å²) in [5.74, 6) is 0. The van der Waals surface area contributed by atoms with Gasteiger partial charge in [0, 0.05) is 6.04 Å². The molecular weight excluding hydrogens is 279 g/mol. The topological polar surface area (TPSA) is 21.3 Å². The fraction of sp³-hybridized carbons (Fsp3) is 0.500. The van der Waals surface area contributed by atoms with E-state index >= 15 is 0 Å². The fourth-order valence-corrected chi connectivity index (χ4v) is 2.49. The van der Waals surface area contributed by atoms with Crippen molar-refractivity contribution in [1.82, 2.24) is 5.32 Å². The molecule has 2 nitrogen and oxygen atoms in total. The predicted octanol–water partition coefficient (Wildman–Crippen LogP) is 3.92. The van der Waals surface area contributed by atoms with Crippen LogP contribution in [0, 0.1) is 0 Å². The number of hydrogen-bond donors (Lipinski definition) is 1. The van der Waals surface area contributed by atoms with E-state index in [1.165, 1.54) is 5.57 Å². The number of nitrogens with one attached hydrogen (secondary N) is 1. The average molecular weight is 299 g/mol. The lowest BCUT2D eigenvalue weighted by molar-refractivity contribution is -0.137. The van der Waals surface area contributed by atoms with Gasteiger partial charge in [-0.3, -0.25) is 0 Å². The first kappa shape index (κ1) is 15.9. The minimum atomic E-state index is -4.28. The Morgan fingerprint density at radius 3 is 2.48 bits per heavy atom. The molecule has 0 bridgehead atoms. The second kappa shape index (κ2) is 6.98. The van der Waals surface area contributed by atoms with Gasteiger partial charge in [-0.1, -0.05) is 19.1 Å². The Labute approximate surface area is 123 Å². The molecule has 0 saturated carbocycles. The summed E-state index contributed by atoms with van der Waals surface area (Å²) in [5.41, 5.74) is 1.47. The molecule has 0 aliphatic carbocycles. The molecule has 2 rings (SSSR count). The van der Waals surface area contributed by atoms with E-state index < -0.39 is 11.7 Å². The Morgan fingerprint density at radius 2 is 1.95 bits per heavy atom. The summed E-state index contributed by atoms with van der Waals surface area (Å²) >= 11 is 0. The molecule has 0 fully saturated rings. The van der Waals surface area contributed by atoms with Crippen molar-refractivity contribution in [2.75, 3.05) is 13.2 Å². The number of halogens is 3. The molecule has 0 aromatic heterocycles. The van der Waals surface area contributed by atoms with Crippen LogP contribution >= 0.6 is 0 Å². The maximum Gasteiger partial charge on any atom is 0.416 e. The first-order chi connectivity index (χ1) is 10.0. The van der Waals surface area contributed by atoms with Gasteiger partial charge in [-0.15, -0.1) is 0 Å². The van der Waals surface area contributed by atoms with Crippen molar-refractivity contribution in [1.29, 1.82) is 0 Å². The number of hydrogen-bond acceptors (Lipinski definition) is 2. The van der Waals surface area contributed by atoms with Crippen LogP contribution < -0.4 is 5.32 Å². The van der Waals surface area contributed by atoms with Gasteiger partial charge < -0.3 is 10.1 Å². The van der Waals surface area contributed by atoms with Crippen LogP contribution in [-0.4, -0.2) is 19.2 Å². The molecule has 116 valence electrons. The molecule has 0 amide bonds. The van der Waals surface area contributed by atoms with Crippen LogP contribution in [0.5, 0.6) is 0 Å². The Kier molecular flexibility index (Phi) is 5.28. The van der Waals surface area contributed by atoms with E-state index in [1.807, 2.05) is 6.92 Å². The lowest BCUT2D eigenvalue weighted by Gasteiger charge is -2.24. The van der Waals surface area contributed by atoms with Gasteiger partial charge >= 0.3 is 6.18 Å². The summed E-state index contributed by atoms with van der Waals surface area (Å²) in [6.45, 7) is 3.56. The molecule has 1 unspecified atom stereocenters. The quantitative estimate of drug-likeness (QED) is 0.889. The van der Waals surface area contributed by atoms with Crippen LogP contribution in [0.15, 0.2) is 36.1 Å². The zero-order valence-corrected chi connectivity index (χ0v) is 12.0. The van der Waals surface area contributed by atoms with Gasteiger partial charge in [-0.25, -0.2) is 0 Å². The minimum Gasteiger partial charge on any atom is -0.501 e. The Morgan fingerprint density at radius 1 is 1.24 bits per heavy atom. The normalized spacial score (nSPS) is 17.0. The summed E-state index contributed by atoms with van der Waals surface area (Å²) in [6, 6.07) is 5.51. The van der Waals surface area contributed by atoms with Crippen LogP contribution in [0.25, 0.3) is 0 Å². The molecule has 5 heteroatoms. The summed E-state index contributed by atoms with van der Waals surface area (Å²) in [6.07, 6.45) is 0.139. The van der Waals surface area contributed by atoms with Crippen LogP contribution in [0.2, 0.25) is 0 Å². The molecule has 0 spiro atoms. The maximum absolute atomic E-state index is 12.6. The molecule has 21 heavy (non-hydrogen) atoms. The van der Waals surface area contributed by atoms with Crippen molar-refractivity contribution >= 4 is 0 Å². The van der Waals surface area contributed by atoms with Gasteiger partial charge in [0.1, 0.15) is 0 Å². The zero-order chi connectivity index (χ0) is 15.3. The number of ether oxygens (including phenoxy) is 1. The molecular formula is C16H20F3NO. The zero-order valence-electron chi connectivity index (χ0n) is 12.0. The molecule has 1 atom stereocenters. The minimum absolute atomic E-state index is 0.118. The van der Waals surface area contributed by atoms with E-state index in [0.29, 0.717) is 6.42 Å². The Balaban J connectivity index is 2.08. The highest BCUT2D eigenvalue weighted by Crippen LogP contribution is 2.29. The van der Waals surface area contributed by atoms with Gasteiger partial charge in [0.2, 0.25) is 0 Å². The van der Waals surface area contributed by atoms with Gasteiger partial charge in [0.15, 0.2) is 0 Å². The van der Waals surface area contributed by atoms with Crippen molar-refractivity contribution in [2.24, 2.45) is 0 Å². The van der Waals surface area contributed by atoms with Gasteiger partial charge in [0.25, 0.3) is 0 Å². The van der Waals surface area contributed by atoms with E-state index in [-0.39, 0.29) is 6.04 Å². The number of alkyl halides is 3. The monoisotopic (exact) mass is 299 g/mol. The summed E-state index contributed by atoms with van der Waals surface area (Å²) < 4.78 is 43.0. The van der Waals surface area contributed by atoms with Crippen LogP contribution in [0.4, 0.5) is 13.2 Å². The Hall–Kier alpha value is -1.49. The van der Waals surface area contributed by atoms with Crippen LogP contribution in [0.1, 0.15) is 30.9 Å². The van der Waals surface area contributed by atoms with Gasteiger partial charge in [-0.2, -0.15) is 13.2 Å².